The van der Waals surface area contributed by atoms with E-state index >= 15 is 0 Å². The number of nitrogens with one attached hydrogen (secondary N) is 1. The number of hydrazine groups is 1. The molecule has 0 saturated carbocycles. The maximum Gasteiger partial charge on any atom is 0.0304 e. The van der Waals surface area contributed by atoms with Gasteiger partial charge in [0.15, 0.2) is 0 Å². The second-order valence-electron chi connectivity index (χ2n) is 4.12. The van der Waals surface area contributed by atoms with E-state index in [0.29, 0.717) is 6.04 Å². The van der Waals surface area contributed by atoms with E-state index in [9.17, 15) is 0 Å². The first kappa shape index (κ1) is 15.0. The molecular weight excluding hydrogens is 296 g/mol. The van der Waals surface area contributed by atoms with E-state index in [-0.39, 0.29) is 0 Å². The predicted molar refractivity (Wildman–Crippen MR) is 80.1 cm³/mol. The average Bonchev–Trinajstić information content (AvgIpc) is 2.35. The van der Waals surface area contributed by atoms with Crippen molar-refractivity contribution >= 4 is 27.7 Å². The molecular formula is C13H21BrN2S. The minimum atomic E-state index is 0.412. The van der Waals surface area contributed by atoms with Crippen molar-refractivity contribution in [2.75, 3.05) is 5.75 Å². The zero-order chi connectivity index (χ0) is 12.5. The van der Waals surface area contributed by atoms with Crippen LogP contribution in [0.4, 0.5) is 0 Å². The third-order valence-corrected chi connectivity index (χ3v) is 4.36. The van der Waals surface area contributed by atoms with E-state index < -0.39 is 0 Å². The van der Waals surface area contributed by atoms with Crippen LogP contribution in [-0.2, 0) is 0 Å². The Morgan fingerprint density at radius 1 is 1.29 bits per heavy atom. The summed E-state index contributed by atoms with van der Waals surface area (Å²) in [5.41, 5.74) is 2.91. The summed E-state index contributed by atoms with van der Waals surface area (Å²) in [6.45, 7) is 2.22. The predicted octanol–water partition coefficient (Wildman–Crippen LogP) is 3.95. The molecule has 1 aromatic rings. The lowest BCUT2D eigenvalue weighted by atomic mass is 10.1. The summed E-state index contributed by atoms with van der Waals surface area (Å²) in [5, 5.41) is 0. The van der Waals surface area contributed by atoms with Crippen LogP contribution in [0.25, 0.3) is 0 Å². The van der Waals surface area contributed by atoms with Gasteiger partial charge in [-0.1, -0.05) is 42.1 Å². The zero-order valence-corrected chi connectivity index (χ0v) is 12.7. The highest BCUT2D eigenvalue weighted by Gasteiger charge is 2.06. The van der Waals surface area contributed by atoms with Crippen LogP contribution in [0.5, 0.6) is 0 Å². The molecule has 0 fully saturated rings. The minimum absolute atomic E-state index is 0.412. The van der Waals surface area contributed by atoms with Gasteiger partial charge in [-0.3, -0.25) is 11.3 Å². The van der Waals surface area contributed by atoms with Crippen molar-refractivity contribution in [2.24, 2.45) is 5.84 Å². The van der Waals surface area contributed by atoms with Gasteiger partial charge in [0.1, 0.15) is 0 Å². The van der Waals surface area contributed by atoms with E-state index in [4.69, 9.17) is 5.84 Å². The standard InChI is InChI=1S/C13H21BrN2S/c1-2-3-4-5-12(16-15)10-17-13-8-6-11(14)7-9-13/h6-9,12,16H,2-5,10,15H2,1H3. The summed E-state index contributed by atoms with van der Waals surface area (Å²) in [5.74, 6) is 6.60. The second kappa shape index (κ2) is 8.97. The van der Waals surface area contributed by atoms with Crippen LogP contribution >= 0.6 is 27.7 Å². The highest BCUT2D eigenvalue weighted by molar-refractivity contribution is 9.10. The quantitative estimate of drug-likeness (QED) is 0.330. The van der Waals surface area contributed by atoms with Gasteiger partial charge in [-0.05, 0) is 30.7 Å². The smallest absolute Gasteiger partial charge is 0.0304 e. The first-order chi connectivity index (χ1) is 8.26. The van der Waals surface area contributed by atoms with Crippen molar-refractivity contribution in [1.82, 2.24) is 5.43 Å². The Morgan fingerprint density at radius 2 is 2.00 bits per heavy atom. The molecule has 0 aliphatic rings. The van der Waals surface area contributed by atoms with E-state index in [0.717, 1.165) is 16.6 Å². The van der Waals surface area contributed by atoms with Crippen molar-refractivity contribution in [3.63, 3.8) is 0 Å². The van der Waals surface area contributed by atoms with Gasteiger partial charge in [0.05, 0.1) is 0 Å². The number of halogens is 1. The van der Waals surface area contributed by atoms with Crippen LogP contribution < -0.4 is 11.3 Å². The number of nitrogens with two attached hydrogens (primary N) is 1. The summed E-state index contributed by atoms with van der Waals surface area (Å²) in [6.07, 6.45) is 4.97. The van der Waals surface area contributed by atoms with Crippen LogP contribution in [0, 0.1) is 0 Å². The molecule has 1 unspecified atom stereocenters. The maximum absolute atomic E-state index is 5.57. The maximum atomic E-state index is 5.57. The highest BCUT2D eigenvalue weighted by atomic mass is 79.9. The SMILES string of the molecule is CCCCCC(CSc1ccc(Br)cc1)NN. The van der Waals surface area contributed by atoms with Crippen LogP contribution in [0.3, 0.4) is 0 Å². The lowest BCUT2D eigenvalue weighted by molar-refractivity contribution is 0.507. The van der Waals surface area contributed by atoms with Crippen LogP contribution in [0.2, 0.25) is 0 Å². The molecule has 96 valence electrons. The summed E-state index contributed by atoms with van der Waals surface area (Å²) in [7, 11) is 0. The van der Waals surface area contributed by atoms with Gasteiger partial charge in [-0.25, -0.2) is 0 Å². The van der Waals surface area contributed by atoms with E-state index in [1.54, 1.807) is 0 Å². The third-order valence-electron chi connectivity index (χ3n) is 2.66. The van der Waals surface area contributed by atoms with Gasteiger partial charge in [0.2, 0.25) is 0 Å². The molecule has 0 bridgehead atoms. The molecule has 0 heterocycles. The van der Waals surface area contributed by atoms with Gasteiger partial charge in [0, 0.05) is 21.2 Å². The Hall–Kier alpha value is -0.0300. The Bertz CT molecular complexity index is 303. The molecule has 3 N–H and O–H groups in total. The molecule has 0 amide bonds. The van der Waals surface area contributed by atoms with Crippen molar-refractivity contribution in [1.29, 1.82) is 0 Å². The van der Waals surface area contributed by atoms with E-state index in [1.807, 2.05) is 11.8 Å². The molecule has 17 heavy (non-hydrogen) atoms. The summed E-state index contributed by atoms with van der Waals surface area (Å²) in [4.78, 5) is 1.30. The van der Waals surface area contributed by atoms with Crippen molar-refractivity contribution in [2.45, 2.75) is 43.5 Å². The molecule has 0 spiro atoms. The molecule has 2 nitrogen and oxygen atoms in total. The molecule has 0 radical (unpaired) electrons. The second-order valence-corrected chi connectivity index (χ2v) is 6.13. The van der Waals surface area contributed by atoms with Crippen molar-refractivity contribution in [3.05, 3.63) is 28.7 Å². The highest BCUT2D eigenvalue weighted by Crippen LogP contribution is 2.22. The summed E-state index contributed by atoms with van der Waals surface area (Å²) < 4.78 is 1.12. The average molecular weight is 317 g/mol. The molecule has 1 rings (SSSR count). The lowest BCUT2D eigenvalue weighted by Crippen LogP contribution is -2.36. The Labute approximate surface area is 117 Å². The summed E-state index contributed by atoms with van der Waals surface area (Å²) in [6, 6.07) is 8.83. The van der Waals surface area contributed by atoms with Gasteiger partial charge < -0.3 is 0 Å². The topological polar surface area (TPSA) is 38.0 Å². The first-order valence-corrected chi connectivity index (χ1v) is 7.88. The Morgan fingerprint density at radius 3 is 2.59 bits per heavy atom. The molecule has 1 aromatic carbocycles. The third kappa shape index (κ3) is 6.46. The van der Waals surface area contributed by atoms with Crippen LogP contribution in [0.15, 0.2) is 33.6 Å². The fourth-order valence-corrected chi connectivity index (χ4v) is 2.83. The first-order valence-electron chi connectivity index (χ1n) is 6.10. The number of rotatable bonds is 8. The van der Waals surface area contributed by atoms with Gasteiger partial charge in [-0.15, -0.1) is 11.8 Å². The normalized spacial score (nSPS) is 12.6. The molecule has 0 aromatic heterocycles. The summed E-state index contributed by atoms with van der Waals surface area (Å²) >= 11 is 5.30. The van der Waals surface area contributed by atoms with E-state index in [2.05, 4.69) is 52.5 Å². The lowest BCUT2D eigenvalue weighted by Gasteiger charge is -2.15. The minimum Gasteiger partial charge on any atom is -0.271 e. The van der Waals surface area contributed by atoms with Gasteiger partial charge >= 0.3 is 0 Å². The van der Waals surface area contributed by atoms with Crippen molar-refractivity contribution < 1.29 is 0 Å². The zero-order valence-electron chi connectivity index (χ0n) is 10.3. The fourth-order valence-electron chi connectivity index (χ4n) is 1.58. The molecule has 0 saturated heterocycles. The number of benzene rings is 1. The van der Waals surface area contributed by atoms with Gasteiger partial charge in [0.25, 0.3) is 0 Å². The largest absolute Gasteiger partial charge is 0.271 e. The number of hydrogen-bond acceptors (Lipinski definition) is 3. The molecule has 4 heteroatoms. The molecule has 0 aliphatic heterocycles. The monoisotopic (exact) mass is 316 g/mol. The van der Waals surface area contributed by atoms with Crippen LogP contribution in [0.1, 0.15) is 32.6 Å². The number of unbranched alkanes of at least 4 members (excludes halogenated alkanes) is 2. The van der Waals surface area contributed by atoms with Crippen molar-refractivity contribution in [3.8, 4) is 0 Å². The molecule has 1 atom stereocenters. The van der Waals surface area contributed by atoms with Gasteiger partial charge in [-0.2, -0.15) is 0 Å². The number of hydrogen-bond donors (Lipinski definition) is 2. The van der Waals surface area contributed by atoms with Crippen LogP contribution in [-0.4, -0.2) is 11.8 Å². The molecule has 0 aliphatic carbocycles. The van der Waals surface area contributed by atoms with E-state index in [1.165, 1.54) is 24.2 Å². The fraction of sp³-hybridized carbons (Fsp3) is 0.538. The number of thioether (sulfide) groups is 1. The Balaban J connectivity index is 2.29. The Kier molecular flexibility index (Phi) is 7.93.